The molecule has 0 atom stereocenters. The quantitative estimate of drug-likeness (QED) is 0.455. The molecule has 8 heteroatoms. The molecule has 1 rings (SSSR count). The number of amides is 2. The third-order valence-electron chi connectivity index (χ3n) is 2.63. The summed E-state index contributed by atoms with van der Waals surface area (Å²) in [5.74, 6) is 0.357. The van der Waals surface area contributed by atoms with Crippen molar-refractivity contribution in [3.8, 4) is 0 Å². The number of carbonyl (C=O) groups is 1. The van der Waals surface area contributed by atoms with Gasteiger partial charge in [0.2, 0.25) is 0 Å². The number of rotatable bonds is 6. The van der Waals surface area contributed by atoms with Gasteiger partial charge >= 0.3 is 6.03 Å². The number of nitrogens with one attached hydrogen (secondary N) is 1. The zero-order valence-electron chi connectivity index (χ0n) is 12.7. The van der Waals surface area contributed by atoms with Gasteiger partial charge in [-0.25, -0.2) is 4.79 Å². The van der Waals surface area contributed by atoms with Crippen molar-refractivity contribution in [1.29, 1.82) is 0 Å². The Labute approximate surface area is 149 Å². The Hall–Kier alpha value is -1.01. The van der Waals surface area contributed by atoms with Crippen molar-refractivity contribution >= 4 is 54.0 Å². The highest BCUT2D eigenvalue weighted by Crippen LogP contribution is 2.13. The molecule has 0 radical (unpaired) electrons. The lowest BCUT2D eigenvalue weighted by molar-refractivity contribution is 0.259. The van der Waals surface area contributed by atoms with Gasteiger partial charge in [0.25, 0.3) is 0 Å². The van der Waals surface area contributed by atoms with E-state index < -0.39 is 6.03 Å². The first-order valence-electron chi connectivity index (χ1n) is 6.51. The molecule has 0 unspecified atom stereocenters. The third kappa shape index (κ3) is 10.7. The van der Waals surface area contributed by atoms with Crippen LogP contribution in [0.25, 0.3) is 0 Å². The van der Waals surface area contributed by atoms with Crippen LogP contribution in [0.1, 0.15) is 19.3 Å². The van der Waals surface area contributed by atoms with Crippen molar-refractivity contribution in [2.24, 2.45) is 10.7 Å². The topological polar surface area (TPSA) is 70.7 Å². The number of carbonyl (C=O) groups excluding carboxylic acids is 1. The molecule has 0 spiro atoms. The van der Waals surface area contributed by atoms with E-state index in [-0.39, 0.29) is 24.8 Å². The molecule has 0 aliphatic carbocycles. The molecule has 1 aromatic carbocycles. The van der Waals surface area contributed by atoms with E-state index in [2.05, 4.69) is 15.2 Å². The average Bonchev–Trinajstić information content (AvgIpc) is 2.37. The molecule has 0 saturated carbocycles. The van der Waals surface area contributed by atoms with Crippen LogP contribution in [0.3, 0.4) is 0 Å². The SMILES string of the molecule is CN(C)CCCCC(N)=NC(=O)Nc1ccc(Cl)cc1.Cl.Cl. The second-order valence-electron chi connectivity index (χ2n) is 4.80. The fraction of sp³-hybridized carbons (Fsp3) is 0.429. The smallest absolute Gasteiger partial charge is 0.347 e. The number of hydrogen-bond donors (Lipinski definition) is 2. The summed E-state index contributed by atoms with van der Waals surface area (Å²) in [5, 5.41) is 3.25. The number of nitrogens with two attached hydrogens (primary N) is 1. The Bertz CT molecular complexity index is 464. The monoisotopic (exact) mass is 368 g/mol. The summed E-state index contributed by atoms with van der Waals surface area (Å²) in [5.41, 5.74) is 6.37. The van der Waals surface area contributed by atoms with Crippen LogP contribution in [-0.4, -0.2) is 37.4 Å². The van der Waals surface area contributed by atoms with E-state index in [9.17, 15) is 4.79 Å². The molecule has 1 aromatic rings. The van der Waals surface area contributed by atoms with Gasteiger partial charge in [0, 0.05) is 17.1 Å². The molecule has 3 N–H and O–H groups in total. The van der Waals surface area contributed by atoms with E-state index >= 15 is 0 Å². The Morgan fingerprint density at radius 2 is 1.82 bits per heavy atom. The molecule has 0 aliphatic heterocycles. The first-order valence-corrected chi connectivity index (χ1v) is 6.89. The maximum absolute atomic E-state index is 11.6. The van der Waals surface area contributed by atoms with Crippen LogP contribution in [0.5, 0.6) is 0 Å². The Morgan fingerprint density at radius 1 is 1.23 bits per heavy atom. The minimum atomic E-state index is -0.461. The lowest BCUT2D eigenvalue weighted by Crippen LogP contribution is -2.18. The highest BCUT2D eigenvalue weighted by Gasteiger charge is 2.02. The van der Waals surface area contributed by atoms with Gasteiger partial charge in [-0.2, -0.15) is 4.99 Å². The first kappa shape index (κ1) is 23.3. The van der Waals surface area contributed by atoms with Crippen LogP contribution in [-0.2, 0) is 0 Å². The Morgan fingerprint density at radius 3 is 2.36 bits per heavy atom. The van der Waals surface area contributed by atoms with E-state index in [0.717, 1.165) is 19.4 Å². The van der Waals surface area contributed by atoms with Gasteiger partial charge in [-0.15, -0.1) is 24.8 Å². The maximum Gasteiger partial charge on any atom is 0.347 e. The predicted octanol–water partition coefficient (Wildman–Crippen LogP) is 3.80. The fourth-order valence-corrected chi connectivity index (χ4v) is 1.73. The first-order chi connectivity index (χ1) is 9.47. The number of nitrogens with zero attached hydrogens (tertiary/aromatic N) is 2. The minimum Gasteiger partial charge on any atom is -0.387 e. The van der Waals surface area contributed by atoms with Gasteiger partial charge in [0.1, 0.15) is 5.84 Å². The summed E-state index contributed by atoms with van der Waals surface area (Å²) < 4.78 is 0. The van der Waals surface area contributed by atoms with Gasteiger partial charge in [-0.3, -0.25) is 0 Å². The number of amidine groups is 1. The number of hydrogen-bond acceptors (Lipinski definition) is 2. The van der Waals surface area contributed by atoms with Crippen molar-refractivity contribution in [2.75, 3.05) is 26.0 Å². The maximum atomic E-state index is 11.6. The molecule has 0 fully saturated rings. The summed E-state index contributed by atoms with van der Waals surface area (Å²) in [6, 6.07) is 6.36. The molecule has 0 aliphatic rings. The molecule has 0 heterocycles. The van der Waals surface area contributed by atoms with Crippen molar-refractivity contribution < 1.29 is 4.79 Å². The molecule has 22 heavy (non-hydrogen) atoms. The van der Waals surface area contributed by atoms with Gasteiger partial charge < -0.3 is 16.0 Å². The van der Waals surface area contributed by atoms with Crippen molar-refractivity contribution in [2.45, 2.75) is 19.3 Å². The van der Waals surface area contributed by atoms with Crippen LogP contribution in [0.15, 0.2) is 29.3 Å². The summed E-state index contributed by atoms with van der Waals surface area (Å²) in [4.78, 5) is 17.5. The zero-order chi connectivity index (χ0) is 15.0. The Balaban J connectivity index is 0. The lowest BCUT2D eigenvalue weighted by Gasteiger charge is -2.08. The largest absolute Gasteiger partial charge is 0.387 e. The normalized spacial score (nSPS) is 10.6. The predicted molar refractivity (Wildman–Crippen MR) is 99.0 cm³/mol. The summed E-state index contributed by atoms with van der Waals surface area (Å²) in [6.45, 7) is 1.00. The average molecular weight is 370 g/mol. The standard InChI is InChI=1S/C14H21ClN4O.2ClH/c1-19(2)10-4-3-5-13(16)18-14(20)17-12-8-6-11(15)7-9-12;;/h6-9H,3-5,10H2,1-2H3,(H3,16,17,18,20);2*1H. The van der Waals surface area contributed by atoms with Gasteiger partial charge in [-0.05, 0) is 57.7 Å². The summed E-state index contributed by atoms with van der Waals surface area (Å²) in [6.07, 6.45) is 2.58. The van der Waals surface area contributed by atoms with E-state index in [4.69, 9.17) is 17.3 Å². The number of unbranched alkanes of at least 4 members (excludes halogenated alkanes) is 1. The molecule has 0 bridgehead atoms. The van der Waals surface area contributed by atoms with Crippen LogP contribution >= 0.6 is 36.4 Å². The number of anilines is 1. The second-order valence-corrected chi connectivity index (χ2v) is 5.24. The van der Waals surface area contributed by atoms with Gasteiger partial charge in [-0.1, -0.05) is 11.6 Å². The van der Waals surface area contributed by atoms with E-state index in [0.29, 0.717) is 23.0 Å². The van der Waals surface area contributed by atoms with Crippen molar-refractivity contribution in [3.05, 3.63) is 29.3 Å². The van der Waals surface area contributed by atoms with E-state index in [1.807, 2.05) is 14.1 Å². The lowest BCUT2D eigenvalue weighted by atomic mass is 10.2. The number of halogens is 3. The zero-order valence-corrected chi connectivity index (χ0v) is 15.1. The number of aliphatic imine (C=N–C) groups is 1. The number of urea groups is 1. The molecule has 126 valence electrons. The molecular formula is C14H23Cl3N4O. The molecule has 5 nitrogen and oxygen atoms in total. The molecular weight excluding hydrogens is 347 g/mol. The number of benzene rings is 1. The Kier molecular flexibility index (Phi) is 13.2. The molecule has 0 saturated heterocycles. The van der Waals surface area contributed by atoms with Crippen molar-refractivity contribution in [1.82, 2.24) is 4.90 Å². The minimum absolute atomic E-state index is 0. The van der Waals surface area contributed by atoms with Crippen LogP contribution in [0.2, 0.25) is 5.02 Å². The fourth-order valence-electron chi connectivity index (χ4n) is 1.61. The molecule has 0 aromatic heterocycles. The third-order valence-corrected chi connectivity index (χ3v) is 2.88. The van der Waals surface area contributed by atoms with Crippen LogP contribution < -0.4 is 11.1 Å². The van der Waals surface area contributed by atoms with Crippen LogP contribution in [0.4, 0.5) is 10.5 Å². The van der Waals surface area contributed by atoms with Crippen LogP contribution in [0, 0.1) is 0 Å². The second kappa shape index (κ2) is 12.5. The van der Waals surface area contributed by atoms with Crippen molar-refractivity contribution in [3.63, 3.8) is 0 Å². The van der Waals surface area contributed by atoms with E-state index in [1.165, 1.54) is 0 Å². The van der Waals surface area contributed by atoms with E-state index in [1.54, 1.807) is 24.3 Å². The highest BCUT2D eigenvalue weighted by atomic mass is 35.5. The van der Waals surface area contributed by atoms with Gasteiger partial charge in [0.05, 0.1) is 0 Å². The summed E-state index contributed by atoms with van der Waals surface area (Å²) in [7, 11) is 4.05. The van der Waals surface area contributed by atoms with Gasteiger partial charge in [0.15, 0.2) is 0 Å². The summed E-state index contributed by atoms with van der Waals surface area (Å²) >= 11 is 5.76. The highest BCUT2D eigenvalue weighted by molar-refractivity contribution is 6.30. The molecule has 2 amide bonds.